The lowest BCUT2D eigenvalue weighted by molar-refractivity contribution is 0.0567. The summed E-state index contributed by atoms with van der Waals surface area (Å²) in [6.07, 6.45) is 5.47. The van der Waals surface area contributed by atoms with Crippen LogP contribution in [0.3, 0.4) is 0 Å². The number of hydrogen-bond donors (Lipinski definition) is 2. The molecule has 2 heterocycles. The largest absolute Gasteiger partial charge is 0.471 e. The number of aromatic nitrogens is 2. The molecule has 4 rings (SSSR count). The molecule has 22 heavy (non-hydrogen) atoms. The van der Waals surface area contributed by atoms with E-state index in [1.165, 1.54) is 0 Å². The summed E-state index contributed by atoms with van der Waals surface area (Å²) < 4.78 is 6.12. The Hall–Kier alpha value is -1.40. The van der Waals surface area contributed by atoms with Gasteiger partial charge in [0.2, 0.25) is 11.8 Å². The van der Waals surface area contributed by atoms with Gasteiger partial charge in [-0.05, 0) is 38.5 Å². The summed E-state index contributed by atoms with van der Waals surface area (Å²) in [5, 5.41) is 13.4. The second-order valence-corrected chi connectivity index (χ2v) is 6.50. The SMILES string of the molecule is O[C@H]1CCC[C@@H]1Oc1nc(N2CCNCC2)nc2c1CCC2. The molecule has 2 aliphatic carbocycles. The van der Waals surface area contributed by atoms with Crippen LogP contribution in [0.1, 0.15) is 36.9 Å². The molecule has 0 radical (unpaired) electrons. The van der Waals surface area contributed by atoms with Crippen LogP contribution >= 0.6 is 0 Å². The van der Waals surface area contributed by atoms with Gasteiger partial charge >= 0.3 is 0 Å². The third-order valence-corrected chi connectivity index (χ3v) is 4.96. The Bertz CT molecular complexity index is 545. The van der Waals surface area contributed by atoms with E-state index < -0.39 is 0 Å². The van der Waals surface area contributed by atoms with E-state index in [-0.39, 0.29) is 12.2 Å². The number of ether oxygens (including phenoxy) is 1. The number of rotatable bonds is 3. The molecule has 1 saturated heterocycles. The molecule has 1 aromatic rings. The fraction of sp³-hybridized carbons (Fsp3) is 0.750. The third-order valence-electron chi connectivity index (χ3n) is 4.96. The Kier molecular flexibility index (Phi) is 3.88. The normalized spacial score (nSPS) is 28.0. The molecule has 2 atom stereocenters. The maximum Gasteiger partial charge on any atom is 0.228 e. The molecule has 6 heteroatoms. The van der Waals surface area contributed by atoms with Gasteiger partial charge in [0.15, 0.2) is 0 Å². The van der Waals surface area contributed by atoms with Crippen molar-refractivity contribution in [1.29, 1.82) is 0 Å². The molecule has 120 valence electrons. The topological polar surface area (TPSA) is 70.5 Å². The van der Waals surface area contributed by atoms with Crippen LogP contribution in [0.4, 0.5) is 5.95 Å². The molecule has 0 spiro atoms. The van der Waals surface area contributed by atoms with Gasteiger partial charge in [0, 0.05) is 31.7 Å². The first-order valence-corrected chi connectivity index (χ1v) is 8.51. The van der Waals surface area contributed by atoms with Crippen molar-refractivity contribution in [1.82, 2.24) is 15.3 Å². The Labute approximate surface area is 130 Å². The molecule has 1 saturated carbocycles. The van der Waals surface area contributed by atoms with Gasteiger partial charge in [-0.1, -0.05) is 0 Å². The van der Waals surface area contributed by atoms with Crippen molar-refractivity contribution in [3.63, 3.8) is 0 Å². The molecule has 0 unspecified atom stereocenters. The zero-order chi connectivity index (χ0) is 14.9. The Morgan fingerprint density at radius 2 is 1.95 bits per heavy atom. The maximum atomic E-state index is 10.0. The van der Waals surface area contributed by atoms with Gasteiger partial charge < -0.3 is 20.1 Å². The van der Waals surface area contributed by atoms with Gasteiger partial charge in [0.1, 0.15) is 6.10 Å². The maximum absolute atomic E-state index is 10.0. The molecule has 1 aromatic heterocycles. The van der Waals surface area contributed by atoms with Gasteiger partial charge in [0.05, 0.1) is 11.8 Å². The Balaban J connectivity index is 1.62. The summed E-state index contributed by atoms with van der Waals surface area (Å²) in [6.45, 7) is 3.81. The number of fused-ring (bicyclic) bond motifs is 1. The molecule has 2 fully saturated rings. The fourth-order valence-corrected chi connectivity index (χ4v) is 3.68. The number of anilines is 1. The van der Waals surface area contributed by atoms with E-state index in [0.29, 0.717) is 0 Å². The molecule has 0 aromatic carbocycles. The number of aliphatic hydroxyl groups excluding tert-OH is 1. The van der Waals surface area contributed by atoms with Crippen molar-refractivity contribution in [3.8, 4) is 5.88 Å². The van der Waals surface area contributed by atoms with Gasteiger partial charge in [-0.25, -0.2) is 4.98 Å². The number of aliphatic hydroxyl groups is 1. The van der Waals surface area contributed by atoms with Crippen molar-refractivity contribution < 1.29 is 9.84 Å². The third kappa shape index (κ3) is 2.65. The zero-order valence-electron chi connectivity index (χ0n) is 12.9. The van der Waals surface area contributed by atoms with E-state index in [1.807, 2.05) is 0 Å². The van der Waals surface area contributed by atoms with E-state index in [0.717, 1.165) is 87.8 Å². The van der Waals surface area contributed by atoms with Crippen molar-refractivity contribution in [2.75, 3.05) is 31.1 Å². The summed E-state index contributed by atoms with van der Waals surface area (Å²) in [5.41, 5.74) is 2.31. The Morgan fingerprint density at radius 1 is 1.09 bits per heavy atom. The Morgan fingerprint density at radius 3 is 2.73 bits per heavy atom. The van der Waals surface area contributed by atoms with Gasteiger partial charge in [0.25, 0.3) is 0 Å². The average molecular weight is 304 g/mol. The van der Waals surface area contributed by atoms with Crippen molar-refractivity contribution in [2.24, 2.45) is 0 Å². The average Bonchev–Trinajstić information content (AvgIpc) is 3.17. The number of aryl methyl sites for hydroxylation is 1. The molecule has 0 bridgehead atoms. The van der Waals surface area contributed by atoms with Crippen LogP contribution in [-0.2, 0) is 12.8 Å². The molecular weight excluding hydrogens is 280 g/mol. The summed E-state index contributed by atoms with van der Waals surface area (Å²) in [7, 11) is 0. The lowest BCUT2D eigenvalue weighted by atomic mass is 10.2. The van der Waals surface area contributed by atoms with E-state index in [1.54, 1.807) is 0 Å². The second kappa shape index (κ2) is 6.01. The van der Waals surface area contributed by atoms with Crippen molar-refractivity contribution >= 4 is 5.95 Å². The van der Waals surface area contributed by atoms with Gasteiger partial charge in [-0.15, -0.1) is 0 Å². The van der Waals surface area contributed by atoms with Gasteiger partial charge in [-0.3, -0.25) is 0 Å². The molecule has 6 nitrogen and oxygen atoms in total. The number of nitrogens with zero attached hydrogens (tertiary/aromatic N) is 3. The number of nitrogens with one attached hydrogen (secondary N) is 1. The zero-order valence-corrected chi connectivity index (χ0v) is 12.9. The first-order chi connectivity index (χ1) is 10.8. The van der Waals surface area contributed by atoms with Crippen LogP contribution < -0.4 is 15.0 Å². The minimum atomic E-state index is -0.352. The fourth-order valence-electron chi connectivity index (χ4n) is 3.68. The van der Waals surface area contributed by atoms with E-state index in [2.05, 4.69) is 10.2 Å². The van der Waals surface area contributed by atoms with E-state index in [9.17, 15) is 5.11 Å². The van der Waals surface area contributed by atoms with Gasteiger partial charge in [-0.2, -0.15) is 4.98 Å². The lowest BCUT2D eigenvalue weighted by Crippen LogP contribution is -2.44. The van der Waals surface area contributed by atoms with Crippen LogP contribution in [0.25, 0.3) is 0 Å². The highest BCUT2D eigenvalue weighted by Gasteiger charge is 2.30. The first kappa shape index (κ1) is 14.2. The predicted molar refractivity (Wildman–Crippen MR) is 83.4 cm³/mol. The summed E-state index contributed by atoms with van der Waals surface area (Å²) in [6, 6.07) is 0. The first-order valence-electron chi connectivity index (χ1n) is 8.51. The highest BCUT2D eigenvalue weighted by molar-refractivity contribution is 5.43. The quantitative estimate of drug-likeness (QED) is 0.855. The monoisotopic (exact) mass is 304 g/mol. The molecule has 1 aliphatic heterocycles. The minimum absolute atomic E-state index is 0.101. The highest BCUT2D eigenvalue weighted by Crippen LogP contribution is 2.33. The molecule has 3 aliphatic rings. The highest BCUT2D eigenvalue weighted by atomic mass is 16.5. The van der Waals surface area contributed by atoms with Crippen LogP contribution in [0.2, 0.25) is 0 Å². The van der Waals surface area contributed by atoms with Crippen molar-refractivity contribution in [2.45, 2.75) is 50.7 Å². The van der Waals surface area contributed by atoms with Crippen molar-refractivity contribution in [3.05, 3.63) is 11.3 Å². The van der Waals surface area contributed by atoms with Crippen LogP contribution in [0.15, 0.2) is 0 Å². The minimum Gasteiger partial charge on any atom is -0.471 e. The van der Waals surface area contributed by atoms with Crippen LogP contribution in [-0.4, -0.2) is 53.5 Å². The number of piperazine rings is 1. The lowest BCUT2D eigenvalue weighted by Gasteiger charge is -2.28. The van der Waals surface area contributed by atoms with E-state index >= 15 is 0 Å². The molecule has 2 N–H and O–H groups in total. The summed E-state index contributed by atoms with van der Waals surface area (Å²) >= 11 is 0. The smallest absolute Gasteiger partial charge is 0.228 e. The molecule has 0 amide bonds. The van der Waals surface area contributed by atoms with Crippen LogP contribution in [0.5, 0.6) is 5.88 Å². The summed E-state index contributed by atoms with van der Waals surface area (Å²) in [4.78, 5) is 11.7. The van der Waals surface area contributed by atoms with Crippen LogP contribution in [0, 0.1) is 0 Å². The predicted octanol–water partition coefficient (Wildman–Crippen LogP) is 0.667. The summed E-state index contributed by atoms with van der Waals surface area (Å²) in [5.74, 6) is 1.52. The second-order valence-electron chi connectivity index (χ2n) is 6.50. The van der Waals surface area contributed by atoms with E-state index in [4.69, 9.17) is 14.7 Å². The number of hydrogen-bond acceptors (Lipinski definition) is 6. The standard InChI is InChI=1S/C16H24N4O2/c21-13-5-2-6-14(13)22-15-11-3-1-4-12(11)18-16(19-15)20-9-7-17-8-10-20/h13-14,17,21H,1-10H2/t13-,14-/m0/s1. The molecular formula is C16H24N4O2.